The summed E-state index contributed by atoms with van der Waals surface area (Å²) in [5.74, 6) is 0.898. The average Bonchev–Trinajstić information content (AvgIpc) is 3.31. The Morgan fingerprint density at radius 2 is 2.08 bits per heavy atom. The zero-order valence-electron chi connectivity index (χ0n) is 14.5. The minimum Gasteiger partial charge on any atom is -0.340 e. The van der Waals surface area contributed by atoms with Gasteiger partial charge in [-0.15, -0.1) is 22.7 Å². The fourth-order valence-electron chi connectivity index (χ4n) is 3.27. The summed E-state index contributed by atoms with van der Waals surface area (Å²) in [6.07, 6.45) is 0.552. The Labute approximate surface area is 159 Å². The van der Waals surface area contributed by atoms with Crippen molar-refractivity contribution in [1.29, 1.82) is 0 Å². The monoisotopic (exact) mass is 388 g/mol. The zero-order chi connectivity index (χ0) is 18.1. The molecule has 1 aliphatic rings. The number of fused-ring (bicyclic) bond motifs is 1. The van der Waals surface area contributed by atoms with Crippen LogP contribution in [0.3, 0.4) is 0 Å². The maximum absolute atomic E-state index is 12.6. The normalized spacial score (nSPS) is 15.7. The van der Waals surface area contributed by atoms with E-state index >= 15 is 0 Å². The molecule has 0 aliphatic carbocycles. The van der Waals surface area contributed by atoms with Crippen molar-refractivity contribution >= 4 is 38.8 Å². The molecule has 4 rings (SSSR count). The highest BCUT2D eigenvalue weighted by Crippen LogP contribution is 2.33. The average molecular weight is 389 g/mol. The smallest absolute Gasteiger partial charge is 0.260 e. The van der Waals surface area contributed by atoms with Crippen LogP contribution in [-0.2, 0) is 11.3 Å². The van der Waals surface area contributed by atoms with Crippen molar-refractivity contribution in [3.05, 3.63) is 39.1 Å². The summed E-state index contributed by atoms with van der Waals surface area (Å²) in [4.78, 5) is 38.1. The number of carbonyl (C=O) groups excluding carboxylic acids is 1. The van der Waals surface area contributed by atoms with Crippen LogP contribution in [0, 0.1) is 0 Å². The van der Waals surface area contributed by atoms with Gasteiger partial charge in [0.15, 0.2) is 0 Å². The fourth-order valence-corrected chi connectivity index (χ4v) is 5.05. The first-order valence-electron chi connectivity index (χ1n) is 8.70. The van der Waals surface area contributed by atoms with Gasteiger partial charge in [0.2, 0.25) is 5.91 Å². The third-order valence-electron chi connectivity index (χ3n) is 4.68. The van der Waals surface area contributed by atoms with Crippen LogP contribution in [0.1, 0.15) is 19.2 Å². The molecule has 3 aromatic heterocycles. The second-order valence-electron chi connectivity index (χ2n) is 6.33. The predicted octanol–water partition coefficient (Wildman–Crippen LogP) is 2.77. The van der Waals surface area contributed by atoms with Crippen molar-refractivity contribution in [1.82, 2.24) is 19.8 Å². The molecule has 8 heteroatoms. The highest BCUT2D eigenvalue weighted by atomic mass is 32.1. The summed E-state index contributed by atoms with van der Waals surface area (Å²) in [6, 6.07) is 4.01. The van der Waals surface area contributed by atoms with E-state index in [0.29, 0.717) is 24.2 Å². The Bertz CT molecular complexity index is 969. The van der Waals surface area contributed by atoms with Crippen LogP contribution < -0.4 is 5.56 Å². The number of hydrogen-bond donors (Lipinski definition) is 1. The maximum Gasteiger partial charge on any atom is 0.260 e. The molecule has 1 fully saturated rings. The molecule has 1 N–H and O–H groups in total. The van der Waals surface area contributed by atoms with Gasteiger partial charge in [-0.3, -0.25) is 14.5 Å². The van der Waals surface area contributed by atoms with Gasteiger partial charge in [0, 0.05) is 48.4 Å². The molecular formula is C18H20N4O2S2. The number of thiophene rings is 2. The van der Waals surface area contributed by atoms with Gasteiger partial charge in [-0.05, 0) is 11.4 Å². The molecule has 136 valence electrons. The third kappa shape index (κ3) is 3.32. The van der Waals surface area contributed by atoms with Gasteiger partial charge in [-0.2, -0.15) is 0 Å². The summed E-state index contributed by atoms with van der Waals surface area (Å²) < 4.78 is 0. The van der Waals surface area contributed by atoms with E-state index in [9.17, 15) is 9.59 Å². The quantitative estimate of drug-likeness (QED) is 0.746. The lowest BCUT2D eigenvalue weighted by Gasteiger charge is -2.34. The number of nitrogens with one attached hydrogen (secondary N) is 1. The molecule has 1 saturated heterocycles. The van der Waals surface area contributed by atoms with Crippen molar-refractivity contribution < 1.29 is 4.79 Å². The first-order valence-corrected chi connectivity index (χ1v) is 10.5. The Morgan fingerprint density at radius 3 is 2.77 bits per heavy atom. The van der Waals surface area contributed by atoms with Crippen LogP contribution in [0.4, 0.5) is 0 Å². The van der Waals surface area contributed by atoms with Gasteiger partial charge in [-0.1, -0.05) is 13.0 Å². The first kappa shape index (κ1) is 17.4. The molecule has 1 amide bonds. The minimum absolute atomic E-state index is 0.0746. The second-order valence-corrected chi connectivity index (χ2v) is 8.14. The van der Waals surface area contributed by atoms with E-state index in [0.717, 1.165) is 41.5 Å². The summed E-state index contributed by atoms with van der Waals surface area (Å²) in [7, 11) is 0. The number of piperazine rings is 1. The predicted molar refractivity (Wildman–Crippen MR) is 106 cm³/mol. The number of H-pyrrole nitrogens is 1. The molecule has 1 aliphatic heterocycles. The number of amides is 1. The number of aromatic nitrogens is 2. The lowest BCUT2D eigenvalue weighted by atomic mass is 10.2. The zero-order valence-corrected chi connectivity index (χ0v) is 16.2. The van der Waals surface area contributed by atoms with E-state index in [2.05, 4.69) is 14.9 Å². The van der Waals surface area contributed by atoms with E-state index < -0.39 is 0 Å². The van der Waals surface area contributed by atoms with Gasteiger partial charge < -0.3 is 9.88 Å². The maximum atomic E-state index is 12.6. The van der Waals surface area contributed by atoms with Gasteiger partial charge >= 0.3 is 0 Å². The minimum atomic E-state index is -0.0746. The number of aromatic amines is 1. The molecular weight excluding hydrogens is 368 g/mol. The molecule has 6 nitrogen and oxygen atoms in total. The van der Waals surface area contributed by atoms with Crippen LogP contribution >= 0.6 is 22.7 Å². The lowest BCUT2D eigenvalue weighted by Crippen LogP contribution is -2.48. The van der Waals surface area contributed by atoms with Crippen LogP contribution in [0.25, 0.3) is 20.7 Å². The van der Waals surface area contributed by atoms with Gasteiger partial charge in [0.1, 0.15) is 10.7 Å². The van der Waals surface area contributed by atoms with E-state index in [-0.39, 0.29) is 11.5 Å². The highest BCUT2D eigenvalue weighted by molar-refractivity contribution is 7.18. The first-order chi connectivity index (χ1) is 12.7. The number of hydrogen-bond acceptors (Lipinski definition) is 6. The molecule has 0 unspecified atom stereocenters. The summed E-state index contributed by atoms with van der Waals surface area (Å²) >= 11 is 3.14. The Hall–Kier alpha value is -2.03. The molecule has 0 radical (unpaired) electrons. The van der Waals surface area contributed by atoms with E-state index in [1.165, 1.54) is 11.3 Å². The molecule has 0 aromatic carbocycles. The fraction of sp³-hybridized carbons (Fsp3) is 0.389. The van der Waals surface area contributed by atoms with Gasteiger partial charge in [0.05, 0.1) is 11.9 Å². The third-order valence-corrected chi connectivity index (χ3v) is 6.46. The molecule has 4 heterocycles. The highest BCUT2D eigenvalue weighted by Gasteiger charge is 2.21. The van der Waals surface area contributed by atoms with Crippen molar-refractivity contribution in [2.75, 3.05) is 26.2 Å². The molecule has 0 atom stereocenters. The molecule has 26 heavy (non-hydrogen) atoms. The molecule has 3 aromatic rings. The summed E-state index contributed by atoms with van der Waals surface area (Å²) in [5.41, 5.74) is 0.890. The number of rotatable bonds is 4. The SMILES string of the molecule is CCC(=O)N1CCN(Cc2nc3scc(-c4cccs4)c3c(=O)[nH]2)CC1. The lowest BCUT2D eigenvalue weighted by molar-refractivity contribution is -0.132. The topological polar surface area (TPSA) is 69.3 Å². The summed E-state index contributed by atoms with van der Waals surface area (Å²) in [6.45, 7) is 5.58. The van der Waals surface area contributed by atoms with Crippen molar-refractivity contribution in [3.8, 4) is 10.4 Å². The van der Waals surface area contributed by atoms with E-state index in [1.54, 1.807) is 11.3 Å². The standard InChI is InChI=1S/C18H20N4O2S2/c1-2-15(23)22-7-5-21(6-8-22)10-14-19-17(24)16-12(11-26-18(16)20-14)13-4-3-9-25-13/h3-4,9,11H,2,5-8,10H2,1H3,(H,19,20,24). The molecule has 0 bridgehead atoms. The van der Waals surface area contributed by atoms with Crippen LogP contribution in [0.15, 0.2) is 27.7 Å². The number of carbonyl (C=O) groups is 1. The van der Waals surface area contributed by atoms with Crippen LogP contribution in [0.5, 0.6) is 0 Å². The Morgan fingerprint density at radius 1 is 1.27 bits per heavy atom. The Balaban J connectivity index is 1.52. The van der Waals surface area contributed by atoms with Crippen LogP contribution in [-0.4, -0.2) is 51.9 Å². The molecule has 0 spiro atoms. The van der Waals surface area contributed by atoms with Crippen molar-refractivity contribution in [2.24, 2.45) is 0 Å². The molecule has 0 saturated carbocycles. The van der Waals surface area contributed by atoms with E-state index in [1.807, 2.05) is 34.7 Å². The van der Waals surface area contributed by atoms with Gasteiger partial charge in [0.25, 0.3) is 5.56 Å². The largest absolute Gasteiger partial charge is 0.340 e. The Kier molecular flexibility index (Phi) is 4.88. The van der Waals surface area contributed by atoms with Crippen molar-refractivity contribution in [2.45, 2.75) is 19.9 Å². The summed E-state index contributed by atoms with van der Waals surface area (Å²) in [5, 5.41) is 4.70. The van der Waals surface area contributed by atoms with Crippen molar-refractivity contribution in [3.63, 3.8) is 0 Å². The van der Waals surface area contributed by atoms with Crippen LogP contribution in [0.2, 0.25) is 0 Å². The number of nitrogens with zero attached hydrogens (tertiary/aromatic N) is 3. The van der Waals surface area contributed by atoms with E-state index in [4.69, 9.17) is 0 Å². The van der Waals surface area contributed by atoms with Gasteiger partial charge in [-0.25, -0.2) is 4.98 Å². The second kappa shape index (κ2) is 7.30.